The first kappa shape index (κ1) is 16.2. The molecule has 0 aromatic carbocycles. The Balaban J connectivity index is -0.000000125. The molecule has 0 saturated carbocycles. The Bertz CT molecular complexity index is 41.0. The van der Waals surface area contributed by atoms with Crippen molar-refractivity contribution in [2.45, 2.75) is 13.3 Å². The van der Waals surface area contributed by atoms with Gasteiger partial charge in [0.1, 0.15) is 0 Å². The molecule has 0 aliphatic rings. The molecule has 0 aromatic heterocycles. The molecule has 40 valence electrons. The van der Waals surface area contributed by atoms with Gasteiger partial charge in [-0.2, -0.15) is 0 Å². The number of carbonyl (C=O) groups excluding carboxylic acids is 1. The molecule has 0 rings (SSSR count). The van der Waals surface area contributed by atoms with Crippen molar-refractivity contribution in [1.82, 2.24) is 0 Å². The van der Waals surface area contributed by atoms with Crippen molar-refractivity contribution in [3.05, 3.63) is 0 Å². The summed E-state index contributed by atoms with van der Waals surface area (Å²) in [4.78, 5) is 9.34. The van der Waals surface area contributed by atoms with E-state index in [0.29, 0.717) is 13.1 Å². The Labute approximate surface area is 93.9 Å². The van der Waals surface area contributed by atoms with E-state index in [1.165, 1.54) is 0 Å². The minimum atomic E-state index is 0. The van der Waals surface area contributed by atoms with Crippen LogP contribution in [0.15, 0.2) is 0 Å². The normalized spacial score (nSPS) is 5.62. The van der Waals surface area contributed by atoms with Crippen molar-refractivity contribution in [3.8, 4) is 0 Å². The van der Waals surface area contributed by atoms with Crippen LogP contribution in [-0.2, 0) is 9.53 Å². The molecule has 2 nitrogen and oxygen atoms in total. The van der Waals surface area contributed by atoms with Crippen molar-refractivity contribution >= 4 is 65.6 Å². The summed E-state index contributed by atoms with van der Waals surface area (Å²) in [5, 5.41) is 0. The van der Waals surface area contributed by atoms with Crippen LogP contribution < -0.4 is 0 Å². The molecule has 0 aliphatic carbocycles. The van der Waals surface area contributed by atoms with Crippen LogP contribution in [0.25, 0.3) is 0 Å². The fourth-order valence-electron chi connectivity index (χ4n) is 0.166. The molecular weight excluding hydrogens is 126 g/mol. The second kappa shape index (κ2) is 15.8. The topological polar surface area (TPSA) is 26.3 Å². The van der Waals surface area contributed by atoms with Crippen LogP contribution in [-0.4, -0.2) is 72.2 Å². The van der Waals surface area contributed by atoms with Crippen molar-refractivity contribution in [1.29, 1.82) is 0 Å². The Kier molecular flexibility index (Phi) is 32.0. The summed E-state index contributed by atoms with van der Waals surface area (Å²) >= 11 is 0. The van der Waals surface area contributed by atoms with Crippen LogP contribution in [0, 0.1) is 0 Å². The predicted octanol–water partition coefficient (Wildman–Crippen LogP) is -0.728. The number of rotatable bonds is 3. The van der Waals surface area contributed by atoms with Gasteiger partial charge in [0.15, 0.2) is 0 Å². The van der Waals surface area contributed by atoms with E-state index in [2.05, 4.69) is 4.74 Å². The van der Waals surface area contributed by atoms with Gasteiger partial charge in [0.2, 0.25) is 0 Å². The zero-order chi connectivity index (χ0) is 4.83. The van der Waals surface area contributed by atoms with E-state index in [9.17, 15) is 4.79 Å². The van der Waals surface area contributed by atoms with Crippen LogP contribution in [0.5, 0.6) is 0 Å². The van der Waals surface area contributed by atoms with Gasteiger partial charge in [-0.05, 0) is 6.42 Å². The molecule has 0 heterocycles. The third kappa shape index (κ3) is 15.6. The third-order valence-corrected chi connectivity index (χ3v) is 0.390. The fourth-order valence-corrected chi connectivity index (χ4v) is 0.166. The molecule has 0 N–H and O–H groups in total. The molecular formula is C4H10Na2O2. The van der Waals surface area contributed by atoms with Crippen molar-refractivity contribution < 1.29 is 9.53 Å². The van der Waals surface area contributed by atoms with E-state index >= 15 is 0 Å². The molecule has 0 saturated heterocycles. The first-order valence-electron chi connectivity index (χ1n) is 1.97. The van der Waals surface area contributed by atoms with Gasteiger partial charge in [0, 0.05) is 0 Å². The van der Waals surface area contributed by atoms with Gasteiger partial charge in [-0.3, -0.25) is 4.79 Å². The molecule has 8 heavy (non-hydrogen) atoms. The van der Waals surface area contributed by atoms with Crippen LogP contribution in [0.3, 0.4) is 0 Å². The monoisotopic (exact) mass is 136 g/mol. The standard InChI is InChI=1S/C4H8O2.2Na.2H/c1-2-3-6-4-5;;;;/h4H,2-3H2,1H3;;;;. The zero-order valence-electron chi connectivity index (χ0n) is 3.81. The molecule has 0 aliphatic heterocycles. The second-order valence-electron chi connectivity index (χ2n) is 0.967. The number of hydrogen-bond acceptors (Lipinski definition) is 2. The first-order chi connectivity index (χ1) is 2.91. The fraction of sp³-hybridized carbons (Fsp3) is 0.750. The Morgan fingerprint density at radius 1 is 1.50 bits per heavy atom. The Morgan fingerprint density at radius 2 is 2.00 bits per heavy atom. The summed E-state index contributed by atoms with van der Waals surface area (Å²) in [6.07, 6.45) is 0.902. The summed E-state index contributed by atoms with van der Waals surface area (Å²) in [5.74, 6) is 0. The van der Waals surface area contributed by atoms with Crippen LogP contribution >= 0.6 is 0 Å². The summed E-state index contributed by atoms with van der Waals surface area (Å²) < 4.78 is 4.30. The van der Waals surface area contributed by atoms with E-state index in [1.807, 2.05) is 6.92 Å². The predicted molar refractivity (Wildman–Crippen MR) is 36.6 cm³/mol. The van der Waals surface area contributed by atoms with Gasteiger partial charge in [-0.15, -0.1) is 0 Å². The molecule has 4 heteroatoms. The summed E-state index contributed by atoms with van der Waals surface area (Å²) in [7, 11) is 0. The Hall–Kier alpha value is 1.47. The van der Waals surface area contributed by atoms with E-state index in [4.69, 9.17) is 0 Å². The average molecular weight is 136 g/mol. The summed E-state index contributed by atoms with van der Waals surface area (Å²) in [6, 6.07) is 0. The second-order valence-corrected chi connectivity index (χ2v) is 0.967. The number of ether oxygens (including phenoxy) is 1. The van der Waals surface area contributed by atoms with E-state index in [1.54, 1.807) is 0 Å². The molecule has 0 fully saturated rings. The third-order valence-electron chi connectivity index (χ3n) is 0.390. The van der Waals surface area contributed by atoms with Gasteiger partial charge in [0.25, 0.3) is 6.47 Å². The maximum absolute atomic E-state index is 9.34. The molecule has 0 radical (unpaired) electrons. The van der Waals surface area contributed by atoms with Gasteiger partial charge in [-0.1, -0.05) is 6.92 Å². The van der Waals surface area contributed by atoms with Crippen molar-refractivity contribution in [2.75, 3.05) is 6.61 Å². The average Bonchev–Trinajstić information content (AvgIpc) is 1.61. The SMILES string of the molecule is CCCOC=O.[NaH].[NaH]. The van der Waals surface area contributed by atoms with Gasteiger partial charge in [-0.25, -0.2) is 0 Å². The summed E-state index contributed by atoms with van der Waals surface area (Å²) in [5.41, 5.74) is 0. The van der Waals surface area contributed by atoms with Gasteiger partial charge >= 0.3 is 59.1 Å². The molecule has 0 unspecified atom stereocenters. The summed E-state index contributed by atoms with van der Waals surface area (Å²) in [6.45, 7) is 2.95. The first-order valence-corrected chi connectivity index (χ1v) is 1.97. The van der Waals surface area contributed by atoms with Crippen LogP contribution in [0.2, 0.25) is 0 Å². The minimum absolute atomic E-state index is 0. The molecule has 0 bridgehead atoms. The molecule has 0 atom stereocenters. The van der Waals surface area contributed by atoms with E-state index in [0.717, 1.165) is 6.42 Å². The van der Waals surface area contributed by atoms with Gasteiger partial charge in [0.05, 0.1) is 6.61 Å². The Morgan fingerprint density at radius 3 is 2.12 bits per heavy atom. The maximum atomic E-state index is 9.34. The molecule has 0 amide bonds. The zero-order valence-corrected chi connectivity index (χ0v) is 3.81. The van der Waals surface area contributed by atoms with Crippen LogP contribution in [0.1, 0.15) is 13.3 Å². The number of carbonyl (C=O) groups is 1. The van der Waals surface area contributed by atoms with Crippen molar-refractivity contribution in [3.63, 3.8) is 0 Å². The number of hydrogen-bond donors (Lipinski definition) is 0. The quantitative estimate of drug-likeness (QED) is 0.290. The van der Waals surface area contributed by atoms with Crippen molar-refractivity contribution in [2.24, 2.45) is 0 Å². The van der Waals surface area contributed by atoms with Crippen LogP contribution in [0.4, 0.5) is 0 Å². The van der Waals surface area contributed by atoms with Gasteiger partial charge < -0.3 is 4.74 Å². The molecule has 0 aromatic rings. The van der Waals surface area contributed by atoms with E-state index in [-0.39, 0.29) is 59.1 Å². The molecule has 0 spiro atoms. The van der Waals surface area contributed by atoms with E-state index < -0.39 is 0 Å².